The van der Waals surface area contributed by atoms with E-state index in [9.17, 15) is 14.4 Å². The average molecular weight is 302 g/mol. The maximum absolute atomic E-state index is 11.0. The number of hydrogen-bond acceptors (Lipinski definition) is 3. The molecule has 0 aliphatic heterocycles. The van der Waals surface area contributed by atoms with Crippen LogP contribution in [0.5, 0.6) is 0 Å². The van der Waals surface area contributed by atoms with Gasteiger partial charge >= 0.3 is 17.9 Å². The van der Waals surface area contributed by atoms with E-state index < -0.39 is 23.8 Å². The highest BCUT2D eigenvalue weighted by Crippen LogP contribution is 2.18. The molecule has 3 N–H and O–H groups in total. The van der Waals surface area contributed by atoms with Gasteiger partial charge in [-0.3, -0.25) is 14.4 Å². The van der Waals surface area contributed by atoms with E-state index in [4.69, 9.17) is 15.3 Å². The van der Waals surface area contributed by atoms with Crippen LogP contribution >= 0.6 is 0 Å². The molecule has 21 heavy (non-hydrogen) atoms. The Bertz CT molecular complexity index is 325. The fourth-order valence-corrected chi connectivity index (χ4v) is 2.29. The van der Waals surface area contributed by atoms with Gasteiger partial charge in [0.1, 0.15) is 0 Å². The number of carboxylic acids is 3. The molecule has 6 heteroatoms. The number of carbonyl (C=O) groups is 3. The lowest BCUT2D eigenvalue weighted by atomic mass is 9.94. The van der Waals surface area contributed by atoms with Gasteiger partial charge < -0.3 is 15.3 Å². The molecule has 0 aliphatic carbocycles. The zero-order chi connectivity index (χ0) is 16.3. The highest BCUT2D eigenvalue weighted by Gasteiger charge is 2.24. The molecule has 1 atom stereocenters. The van der Waals surface area contributed by atoms with Crippen LogP contribution in [-0.4, -0.2) is 33.2 Å². The Kier molecular flexibility index (Phi) is 10.3. The van der Waals surface area contributed by atoms with Gasteiger partial charge in [0, 0.05) is 0 Å². The van der Waals surface area contributed by atoms with Gasteiger partial charge in [-0.2, -0.15) is 0 Å². The molecule has 0 fully saturated rings. The smallest absolute Gasteiger partial charge is 0.317 e. The zero-order valence-corrected chi connectivity index (χ0v) is 12.6. The molecule has 6 nitrogen and oxygen atoms in total. The standard InChI is InChI=1S/C15H26O6/c1-2-3-8-11(13(16)17)9-6-4-5-7-10-12(14(18)19)15(20)21/h11-12H,2-10H2,1H3,(H,16,17)(H,18,19)(H,20,21). The van der Waals surface area contributed by atoms with Crippen molar-refractivity contribution in [3.05, 3.63) is 0 Å². The molecule has 0 rings (SSSR count). The molecule has 0 amide bonds. The summed E-state index contributed by atoms with van der Waals surface area (Å²) in [7, 11) is 0. The predicted molar refractivity (Wildman–Crippen MR) is 77.1 cm³/mol. The molecule has 0 aromatic heterocycles. The summed E-state index contributed by atoms with van der Waals surface area (Å²) >= 11 is 0. The van der Waals surface area contributed by atoms with Crippen molar-refractivity contribution in [1.29, 1.82) is 0 Å². The first-order valence-corrected chi connectivity index (χ1v) is 7.58. The summed E-state index contributed by atoms with van der Waals surface area (Å²) in [6.07, 6.45) is 6.22. The summed E-state index contributed by atoms with van der Waals surface area (Å²) in [5.41, 5.74) is 0. The second-order valence-electron chi connectivity index (χ2n) is 5.40. The lowest BCUT2D eigenvalue weighted by Gasteiger charge is -2.11. The molecule has 0 aliphatic rings. The molecule has 0 spiro atoms. The van der Waals surface area contributed by atoms with E-state index in [-0.39, 0.29) is 12.3 Å². The third-order valence-corrected chi connectivity index (χ3v) is 3.65. The zero-order valence-electron chi connectivity index (χ0n) is 12.6. The summed E-state index contributed by atoms with van der Waals surface area (Å²) in [5, 5.41) is 26.5. The Morgan fingerprint density at radius 1 is 0.714 bits per heavy atom. The van der Waals surface area contributed by atoms with E-state index in [1.165, 1.54) is 0 Å². The SMILES string of the molecule is CCCCC(CCCCCCC(C(=O)O)C(=O)O)C(=O)O. The van der Waals surface area contributed by atoms with Gasteiger partial charge in [0.2, 0.25) is 0 Å². The molecule has 122 valence electrons. The lowest BCUT2D eigenvalue weighted by molar-refractivity contribution is -0.155. The van der Waals surface area contributed by atoms with E-state index >= 15 is 0 Å². The quantitative estimate of drug-likeness (QED) is 0.356. The maximum atomic E-state index is 11.0. The summed E-state index contributed by atoms with van der Waals surface area (Å²) in [5.74, 6) is -4.97. The first-order chi connectivity index (χ1) is 9.90. The van der Waals surface area contributed by atoms with Crippen molar-refractivity contribution in [3.63, 3.8) is 0 Å². The molecule has 0 heterocycles. The molecular formula is C15H26O6. The Morgan fingerprint density at radius 3 is 1.62 bits per heavy atom. The van der Waals surface area contributed by atoms with E-state index in [0.717, 1.165) is 32.1 Å². The predicted octanol–water partition coefficient (Wildman–Crippen LogP) is 3.00. The van der Waals surface area contributed by atoms with Crippen LogP contribution in [0.15, 0.2) is 0 Å². The van der Waals surface area contributed by atoms with Crippen molar-refractivity contribution in [1.82, 2.24) is 0 Å². The number of carboxylic acid groups (broad SMARTS) is 3. The second-order valence-corrected chi connectivity index (χ2v) is 5.40. The molecule has 0 aromatic carbocycles. The Balaban J connectivity index is 3.81. The van der Waals surface area contributed by atoms with Gasteiger partial charge in [-0.25, -0.2) is 0 Å². The van der Waals surface area contributed by atoms with Crippen LogP contribution in [-0.2, 0) is 14.4 Å². The van der Waals surface area contributed by atoms with Crippen molar-refractivity contribution in [3.8, 4) is 0 Å². The fraction of sp³-hybridized carbons (Fsp3) is 0.800. The van der Waals surface area contributed by atoms with Crippen molar-refractivity contribution < 1.29 is 29.7 Å². The third kappa shape index (κ3) is 9.05. The molecule has 0 aromatic rings. The third-order valence-electron chi connectivity index (χ3n) is 3.65. The molecule has 0 saturated carbocycles. The Hall–Kier alpha value is -1.59. The normalized spacial score (nSPS) is 12.3. The minimum atomic E-state index is -1.33. The summed E-state index contributed by atoms with van der Waals surface area (Å²) in [6.45, 7) is 2.03. The summed E-state index contributed by atoms with van der Waals surface area (Å²) in [4.78, 5) is 32.4. The van der Waals surface area contributed by atoms with E-state index in [1.807, 2.05) is 6.92 Å². The van der Waals surface area contributed by atoms with Gasteiger partial charge in [-0.1, -0.05) is 45.4 Å². The van der Waals surface area contributed by atoms with Crippen LogP contribution in [0.2, 0.25) is 0 Å². The first kappa shape index (κ1) is 19.4. The van der Waals surface area contributed by atoms with E-state index in [0.29, 0.717) is 19.3 Å². The Labute approximate surface area is 125 Å². The van der Waals surface area contributed by atoms with Crippen molar-refractivity contribution in [2.45, 2.75) is 64.7 Å². The van der Waals surface area contributed by atoms with Gasteiger partial charge in [-0.15, -0.1) is 0 Å². The molecule has 1 unspecified atom stereocenters. The highest BCUT2D eigenvalue weighted by molar-refractivity contribution is 5.92. The van der Waals surface area contributed by atoms with Gasteiger partial charge in [-0.05, 0) is 19.3 Å². The van der Waals surface area contributed by atoms with Crippen LogP contribution < -0.4 is 0 Å². The first-order valence-electron chi connectivity index (χ1n) is 7.58. The van der Waals surface area contributed by atoms with Crippen LogP contribution in [0.4, 0.5) is 0 Å². The number of hydrogen-bond donors (Lipinski definition) is 3. The van der Waals surface area contributed by atoms with Crippen molar-refractivity contribution in [2.24, 2.45) is 11.8 Å². The maximum Gasteiger partial charge on any atom is 0.317 e. The molecular weight excluding hydrogens is 276 g/mol. The number of unbranched alkanes of at least 4 members (excludes halogenated alkanes) is 4. The average Bonchev–Trinajstić information content (AvgIpc) is 2.39. The van der Waals surface area contributed by atoms with Crippen LogP contribution in [0, 0.1) is 11.8 Å². The number of aliphatic carboxylic acids is 3. The van der Waals surface area contributed by atoms with Crippen LogP contribution in [0.25, 0.3) is 0 Å². The largest absolute Gasteiger partial charge is 0.481 e. The number of rotatable bonds is 13. The topological polar surface area (TPSA) is 112 Å². The molecule has 0 radical (unpaired) electrons. The molecule has 0 saturated heterocycles. The van der Waals surface area contributed by atoms with E-state index in [1.54, 1.807) is 0 Å². The lowest BCUT2D eigenvalue weighted by Crippen LogP contribution is -2.23. The Morgan fingerprint density at radius 2 is 1.19 bits per heavy atom. The minimum Gasteiger partial charge on any atom is -0.481 e. The van der Waals surface area contributed by atoms with Crippen molar-refractivity contribution >= 4 is 17.9 Å². The highest BCUT2D eigenvalue weighted by atomic mass is 16.4. The van der Waals surface area contributed by atoms with Gasteiger partial charge in [0.05, 0.1) is 5.92 Å². The van der Waals surface area contributed by atoms with Crippen LogP contribution in [0.3, 0.4) is 0 Å². The van der Waals surface area contributed by atoms with Crippen molar-refractivity contribution in [2.75, 3.05) is 0 Å². The van der Waals surface area contributed by atoms with Gasteiger partial charge in [0.15, 0.2) is 5.92 Å². The monoisotopic (exact) mass is 302 g/mol. The molecule has 0 bridgehead atoms. The second kappa shape index (κ2) is 11.1. The fourth-order valence-electron chi connectivity index (χ4n) is 2.29. The van der Waals surface area contributed by atoms with Gasteiger partial charge in [0.25, 0.3) is 0 Å². The minimum absolute atomic E-state index is 0.128. The van der Waals surface area contributed by atoms with E-state index in [2.05, 4.69) is 0 Å². The summed E-state index contributed by atoms with van der Waals surface area (Å²) < 4.78 is 0. The van der Waals surface area contributed by atoms with Crippen LogP contribution in [0.1, 0.15) is 64.7 Å². The summed E-state index contributed by atoms with van der Waals surface area (Å²) in [6, 6.07) is 0.